The van der Waals surface area contributed by atoms with Gasteiger partial charge in [0, 0.05) is 12.6 Å². The van der Waals surface area contributed by atoms with Gasteiger partial charge in [0.2, 0.25) is 0 Å². The van der Waals surface area contributed by atoms with E-state index < -0.39 is 0 Å². The highest BCUT2D eigenvalue weighted by Gasteiger charge is 2.11. The Balaban J connectivity index is 1.65. The number of aliphatic imine (C=N–C) groups is 1. The molecule has 2 rings (SSSR count). The summed E-state index contributed by atoms with van der Waals surface area (Å²) in [5, 5.41) is 0. The maximum absolute atomic E-state index is 12.4. The molecule has 0 unspecified atom stereocenters. The van der Waals surface area contributed by atoms with Crippen molar-refractivity contribution in [2.24, 2.45) is 4.99 Å². The molecule has 2 aromatic rings. The van der Waals surface area contributed by atoms with Crippen molar-refractivity contribution in [2.45, 2.75) is 117 Å². The van der Waals surface area contributed by atoms with E-state index in [1.165, 1.54) is 57.8 Å². The van der Waals surface area contributed by atoms with E-state index in [0.29, 0.717) is 35.8 Å². The number of rotatable bonds is 23. The highest BCUT2D eigenvalue weighted by molar-refractivity contribution is 5.90. The topological polar surface area (TPSA) is 74.2 Å². The van der Waals surface area contributed by atoms with Crippen molar-refractivity contribution in [2.75, 3.05) is 13.7 Å². The quantitative estimate of drug-likeness (QED) is 0.0422. The molecular weight excluding hydrogens is 538 g/mol. The molecule has 0 amide bonds. The van der Waals surface area contributed by atoms with Crippen LogP contribution in [0.15, 0.2) is 59.6 Å². The summed E-state index contributed by atoms with van der Waals surface area (Å²) >= 11 is 0. The zero-order valence-corrected chi connectivity index (χ0v) is 26.8. The highest BCUT2D eigenvalue weighted by Crippen LogP contribution is 2.28. The average molecular weight is 592 g/mol. The number of esters is 2. The van der Waals surface area contributed by atoms with Gasteiger partial charge in [-0.25, -0.2) is 4.79 Å². The van der Waals surface area contributed by atoms with Gasteiger partial charge in [-0.05, 0) is 86.6 Å². The molecule has 0 saturated carbocycles. The summed E-state index contributed by atoms with van der Waals surface area (Å²) in [6.07, 6.45) is 24.5. The van der Waals surface area contributed by atoms with Crippen LogP contribution in [0.2, 0.25) is 0 Å². The van der Waals surface area contributed by atoms with Crippen molar-refractivity contribution in [3.8, 4) is 11.5 Å². The zero-order chi connectivity index (χ0) is 31.0. The summed E-state index contributed by atoms with van der Waals surface area (Å²) in [6.45, 7) is 4.74. The predicted octanol–water partition coefficient (Wildman–Crippen LogP) is 10.3. The second kappa shape index (κ2) is 23.1. The lowest BCUT2D eigenvalue weighted by atomic mass is 10.1. The lowest BCUT2D eigenvalue weighted by Crippen LogP contribution is -2.08. The number of carbonyl (C=O) groups excluding carboxylic acids is 2. The van der Waals surface area contributed by atoms with E-state index >= 15 is 0 Å². The molecule has 0 aliphatic rings. The van der Waals surface area contributed by atoms with Crippen LogP contribution in [-0.4, -0.2) is 31.9 Å². The van der Waals surface area contributed by atoms with Crippen LogP contribution in [0.1, 0.15) is 133 Å². The summed E-state index contributed by atoms with van der Waals surface area (Å²) in [6, 6.07) is 12.3. The van der Waals surface area contributed by atoms with E-state index in [2.05, 4.69) is 31.0 Å². The number of allylic oxidation sites excluding steroid dienone is 2. The molecule has 0 spiro atoms. The molecule has 0 saturated heterocycles. The lowest BCUT2D eigenvalue weighted by Gasteiger charge is -2.10. The van der Waals surface area contributed by atoms with Gasteiger partial charge in [-0.2, -0.15) is 0 Å². The minimum absolute atomic E-state index is 0.245. The maximum Gasteiger partial charge on any atom is 0.338 e. The molecule has 6 heteroatoms. The Kier molecular flexibility index (Phi) is 19.2. The molecule has 0 bridgehead atoms. The van der Waals surface area contributed by atoms with Crippen LogP contribution in [0.5, 0.6) is 11.5 Å². The molecular formula is C37H53NO5. The van der Waals surface area contributed by atoms with Crippen molar-refractivity contribution in [3.63, 3.8) is 0 Å². The van der Waals surface area contributed by atoms with Crippen LogP contribution in [-0.2, 0) is 9.53 Å². The zero-order valence-electron chi connectivity index (χ0n) is 26.8. The van der Waals surface area contributed by atoms with E-state index in [0.717, 1.165) is 44.1 Å². The van der Waals surface area contributed by atoms with Crippen molar-refractivity contribution in [1.82, 2.24) is 0 Å². The molecule has 0 aliphatic carbocycles. The Morgan fingerprint density at radius 1 is 0.721 bits per heavy atom. The molecule has 6 nitrogen and oxygen atoms in total. The smallest absolute Gasteiger partial charge is 0.338 e. The molecule has 0 radical (unpaired) electrons. The molecule has 0 aliphatic heterocycles. The van der Waals surface area contributed by atoms with Crippen LogP contribution in [0.3, 0.4) is 0 Å². The fourth-order valence-electron chi connectivity index (χ4n) is 4.59. The van der Waals surface area contributed by atoms with Crippen LogP contribution in [0, 0.1) is 0 Å². The fourth-order valence-corrected chi connectivity index (χ4v) is 4.59. The number of ether oxygens (including phenoxy) is 3. The standard InChI is InChI=1S/C37H53NO5/c1-4-6-8-9-10-11-12-13-14-15-16-17-18-19-20-21-36(39)43-34-27-22-31(29-35(34)41-3)30-38-33-25-23-32(24-26-33)37(40)42-28-7-5-2/h13-14,22-27,29-30H,4-12,15-21,28H2,1-3H3/b14-13-,38-30?. The molecule has 2 aromatic carbocycles. The van der Waals surface area contributed by atoms with Gasteiger partial charge in [0.1, 0.15) is 0 Å². The van der Waals surface area contributed by atoms with Crippen LogP contribution < -0.4 is 9.47 Å². The van der Waals surface area contributed by atoms with Crippen molar-refractivity contribution < 1.29 is 23.8 Å². The largest absolute Gasteiger partial charge is 0.493 e. The Hall–Kier alpha value is -3.41. The van der Waals surface area contributed by atoms with Gasteiger partial charge in [-0.15, -0.1) is 0 Å². The van der Waals surface area contributed by atoms with E-state index in [9.17, 15) is 9.59 Å². The van der Waals surface area contributed by atoms with Gasteiger partial charge in [-0.3, -0.25) is 9.79 Å². The summed E-state index contributed by atoms with van der Waals surface area (Å²) in [5.74, 6) is 0.317. The van der Waals surface area contributed by atoms with Gasteiger partial charge in [-0.1, -0.05) is 83.8 Å². The first-order valence-electron chi connectivity index (χ1n) is 16.4. The van der Waals surface area contributed by atoms with Crippen molar-refractivity contribution >= 4 is 23.8 Å². The highest BCUT2D eigenvalue weighted by atomic mass is 16.6. The van der Waals surface area contributed by atoms with Gasteiger partial charge in [0.05, 0.1) is 25.0 Å². The third kappa shape index (κ3) is 16.1. The predicted molar refractivity (Wildman–Crippen MR) is 177 cm³/mol. The second-order valence-corrected chi connectivity index (χ2v) is 11.0. The number of methoxy groups -OCH3 is 1. The maximum atomic E-state index is 12.4. The van der Waals surface area contributed by atoms with Gasteiger partial charge >= 0.3 is 11.9 Å². The molecule has 0 atom stereocenters. The number of hydrogen-bond acceptors (Lipinski definition) is 6. The first-order chi connectivity index (χ1) is 21.1. The number of unbranched alkanes of at least 4 members (excludes halogenated alkanes) is 12. The number of benzene rings is 2. The minimum Gasteiger partial charge on any atom is -0.493 e. The summed E-state index contributed by atoms with van der Waals surface area (Å²) in [4.78, 5) is 29.0. The summed E-state index contributed by atoms with van der Waals surface area (Å²) in [7, 11) is 1.55. The second-order valence-electron chi connectivity index (χ2n) is 11.0. The third-order valence-electron chi connectivity index (χ3n) is 7.25. The van der Waals surface area contributed by atoms with Crippen LogP contribution in [0.25, 0.3) is 0 Å². The van der Waals surface area contributed by atoms with Crippen LogP contribution >= 0.6 is 0 Å². The van der Waals surface area contributed by atoms with Gasteiger partial charge in [0.15, 0.2) is 11.5 Å². The first-order valence-corrected chi connectivity index (χ1v) is 16.4. The summed E-state index contributed by atoms with van der Waals surface area (Å²) in [5.41, 5.74) is 2.01. The number of hydrogen-bond donors (Lipinski definition) is 0. The molecule has 0 heterocycles. The lowest BCUT2D eigenvalue weighted by molar-refractivity contribution is -0.134. The Morgan fingerprint density at radius 3 is 2.00 bits per heavy atom. The minimum atomic E-state index is -0.323. The van der Waals surface area contributed by atoms with Gasteiger partial charge in [0.25, 0.3) is 0 Å². The van der Waals surface area contributed by atoms with Crippen molar-refractivity contribution in [1.29, 1.82) is 0 Å². The molecule has 0 aromatic heterocycles. The average Bonchev–Trinajstić information content (AvgIpc) is 3.02. The Morgan fingerprint density at radius 2 is 1.35 bits per heavy atom. The number of carbonyl (C=O) groups is 2. The van der Waals surface area contributed by atoms with Gasteiger partial charge < -0.3 is 14.2 Å². The third-order valence-corrected chi connectivity index (χ3v) is 7.25. The van der Waals surface area contributed by atoms with E-state index in [1.54, 1.807) is 49.7 Å². The Bertz CT molecular complexity index is 1110. The Labute approximate surface area is 259 Å². The number of nitrogens with zero attached hydrogens (tertiary/aromatic N) is 1. The van der Waals surface area contributed by atoms with Crippen molar-refractivity contribution in [3.05, 3.63) is 65.7 Å². The summed E-state index contributed by atoms with van der Waals surface area (Å²) < 4.78 is 16.3. The first kappa shape index (κ1) is 35.8. The molecule has 0 fully saturated rings. The van der Waals surface area contributed by atoms with E-state index in [4.69, 9.17) is 14.2 Å². The molecule has 236 valence electrons. The van der Waals surface area contributed by atoms with E-state index in [1.807, 2.05) is 6.07 Å². The molecule has 0 N–H and O–H groups in total. The fraction of sp³-hybridized carbons (Fsp3) is 0.541. The van der Waals surface area contributed by atoms with E-state index in [-0.39, 0.29) is 11.9 Å². The monoisotopic (exact) mass is 591 g/mol. The van der Waals surface area contributed by atoms with Crippen LogP contribution in [0.4, 0.5) is 5.69 Å². The molecule has 43 heavy (non-hydrogen) atoms. The SMILES string of the molecule is CCCCCCCC/C=C\CCCCCCCC(=O)Oc1ccc(C=Nc2ccc(C(=O)OCCCC)cc2)cc1OC. The normalized spacial score (nSPS) is 11.3.